The van der Waals surface area contributed by atoms with E-state index >= 15 is 0 Å². The van der Waals surface area contributed by atoms with E-state index in [1.54, 1.807) is 7.11 Å². The van der Waals surface area contributed by atoms with E-state index in [-0.39, 0.29) is 24.2 Å². The average Bonchev–Trinajstić information content (AvgIpc) is 3.45. The number of fused-ring (bicyclic) bond motifs is 5. The highest BCUT2D eigenvalue weighted by Crippen LogP contribution is 2.67. The molecule has 11 heteroatoms. The summed E-state index contributed by atoms with van der Waals surface area (Å²) in [7, 11) is 4.28. The lowest BCUT2D eigenvalue weighted by atomic mass is 9.49. The first-order chi connectivity index (χ1) is 23.7. The lowest BCUT2D eigenvalue weighted by molar-refractivity contribution is -0.160. The van der Waals surface area contributed by atoms with Gasteiger partial charge >= 0.3 is 12.3 Å². The van der Waals surface area contributed by atoms with Gasteiger partial charge in [-0.05, 0) is 99.4 Å². The van der Waals surface area contributed by atoms with Crippen molar-refractivity contribution in [2.24, 2.45) is 40.4 Å². The van der Waals surface area contributed by atoms with E-state index in [4.69, 9.17) is 45.4 Å². The molecule has 0 radical (unpaired) electrons. The maximum absolute atomic E-state index is 12.6. The summed E-state index contributed by atoms with van der Waals surface area (Å²) in [4.78, 5) is 24.6. The van der Waals surface area contributed by atoms with Crippen molar-refractivity contribution in [1.29, 1.82) is 0 Å². The molecule has 0 aliphatic heterocycles. The Morgan fingerprint density at radius 3 is 2.38 bits per heavy atom. The summed E-state index contributed by atoms with van der Waals surface area (Å²) >= 11 is 7.03. The van der Waals surface area contributed by atoms with Crippen molar-refractivity contribution >= 4 is 40.7 Å². The molecule has 50 heavy (non-hydrogen) atoms. The van der Waals surface area contributed by atoms with Crippen LogP contribution in [0.5, 0.6) is 0 Å². The number of hydrogen-bond donors (Lipinski definition) is 0. The molecular formula is C39H62O9S2. The number of methoxy groups -OCH3 is 3. The van der Waals surface area contributed by atoms with Crippen molar-refractivity contribution in [3.63, 3.8) is 0 Å². The van der Waals surface area contributed by atoms with Crippen molar-refractivity contribution in [2.45, 2.75) is 130 Å². The molecule has 4 aliphatic carbocycles. The number of ether oxygens (including phenoxy) is 7. The maximum atomic E-state index is 12.6. The van der Waals surface area contributed by atoms with Gasteiger partial charge in [0.05, 0.1) is 14.2 Å². The molecule has 9 nitrogen and oxygen atoms in total. The zero-order valence-corrected chi connectivity index (χ0v) is 33.7. The second-order valence-corrected chi connectivity index (χ2v) is 17.3. The Balaban J connectivity index is 1.62. The summed E-state index contributed by atoms with van der Waals surface area (Å²) in [5.74, 6) is 2.14. The van der Waals surface area contributed by atoms with E-state index in [9.17, 15) is 9.59 Å². The van der Waals surface area contributed by atoms with Crippen LogP contribution in [0.25, 0.3) is 0 Å². The fourth-order valence-corrected chi connectivity index (χ4v) is 10.5. The lowest BCUT2D eigenvalue weighted by Gasteiger charge is -2.57. The average molecular weight is 739 g/mol. The highest BCUT2D eigenvalue weighted by molar-refractivity contribution is 8.22. The third-order valence-electron chi connectivity index (χ3n) is 13.1. The minimum absolute atomic E-state index is 0.144. The third kappa shape index (κ3) is 8.52. The molecule has 0 bridgehead atoms. The monoisotopic (exact) mass is 738 g/mol. The Morgan fingerprint density at radius 2 is 1.74 bits per heavy atom. The summed E-state index contributed by atoms with van der Waals surface area (Å²) in [5, 5.41) is 0. The normalized spacial score (nSPS) is 32.2. The van der Waals surface area contributed by atoms with Crippen molar-refractivity contribution in [1.82, 2.24) is 0 Å². The van der Waals surface area contributed by atoms with Crippen LogP contribution >= 0.6 is 24.0 Å². The Labute approximate surface area is 310 Å². The summed E-state index contributed by atoms with van der Waals surface area (Å²) in [6.07, 6.45) is 13.7. The first kappa shape index (κ1) is 40.9. The van der Waals surface area contributed by atoms with Crippen LogP contribution in [0.3, 0.4) is 0 Å². The van der Waals surface area contributed by atoms with Crippen molar-refractivity contribution in [3.8, 4) is 0 Å². The Bertz CT molecular complexity index is 1270. The molecule has 3 fully saturated rings. The van der Waals surface area contributed by atoms with Crippen LogP contribution in [-0.2, 0) is 33.2 Å². The van der Waals surface area contributed by atoms with Crippen molar-refractivity contribution in [3.05, 3.63) is 23.3 Å². The fraction of sp³-hybridized carbons (Fsp3) is 0.821. The van der Waals surface area contributed by atoms with Crippen molar-refractivity contribution < 1.29 is 42.7 Å². The first-order valence-electron chi connectivity index (χ1n) is 18.5. The topological polar surface area (TPSA) is 98.8 Å². The number of hydrogen-bond acceptors (Lipinski definition) is 11. The Kier molecular flexibility index (Phi) is 14.2. The molecule has 0 heterocycles. The number of rotatable bonds is 14. The quantitative estimate of drug-likeness (QED) is 0.0968. The molecule has 3 saturated carbocycles. The van der Waals surface area contributed by atoms with Gasteiger partial charge in [-0.15, -0.1) is 0 Å². The number of thioether (sulfide) groups is 1. The van der Waals surface area contributed by atoms with Crippen LogP contribution in [0.2, 0.25) is 0 Å². The van der Waals surface area contributed by atoms with E-state index in [0.717, 1.165) is 44.1 Å². The predicted octanol–water partition coefficient (Wildman–Crippen LogP) is 9.66. The number of unbranched alkanes of at least 4 members (excludes halogenated alkanes) is 1. The number of carbonyl (C=O) groups excluding carboxylic acids is 2. The molecule has 4 rings (SSSR count). The van der Waals surface area contributed by atoms with E-state index in [0.29, 0.717) is 40.9 Å². The standard InChI is InChI=1S/C39H62O9S2/c1-11-12-13-25(20-32(48-36(49)50-10)37(3,4)45-23-42-7)24(2)29-16-17-30-28-15-14-26-21-27(46-34(40)43-8)22-33(47-35(41)44-9)39(26,6)31(28)18-19-38(29,30)5/h14-15,24-25,27,29-33H,11-13,16-23H2,1-10H3/t24-,25+,27+,29+,30-,31-,32?,33-,38+,39-/m0/s1. The van der Waals surface area contributed by atoms with Crippen LogP contribution in [0, 0.1) is 40.4 Å². The second-order valence-electron chi connectivity index (χ2n) is 15.9. The van der Waals surface area contributed by atoms with Crippen LogP contribution in [-0.4, -0.2) is 75.0 Å². The molecule has 10 atom stereocenters. The van der Waals surface area contributed by atoms with E-state index in [1.807, 2.05) is 6.26 Å². The molecular weight excluding hydrogens is 677 g/mol. The van der Waals surface area contributed by atoms with Gasteiger partial charge in [0.25, 0.3) is 0 Å². The van der Waals surface area contributed by atoms with Gasteiger partial charge in [-0.1, -0.05) is 82.0 Å². The van der Waals surface area contributed by atoms with E-state index < -0.39 is 35.5 Å². The summed E-state index contributed by atoms with van der Waals surface area (Å²) in [5.41, 5.74) is 1.79. The van der Waals surface area contributed by atoms with Crippen LogP contribution in [0.15, 0.2) is 23.3 Å². The number of thiocarbonyl (C=S) groups is 1. The Morgan fingerprint density at radius 1 is 1.04 bits per heavy atom. The molecule has 0 N–H and O–H groups in total. The Hall–Kier alpha value is -1.82. The molecule has 0 aromatic rings. The van der Waals surface area contributed by atoms with Crippen molar-refractivity contribution in [2.75, 3.05) is 34.4 Å². The maximum Gasteiger partial charge on any atom is 0.508 e. The van der Waals surface area contributed by atoms with E-state index in [1.165, 1.54) is 44.4 Å². The third-order valence-corrected chi connectivity index (χ3v) is 14.1. The molecule has 284 valence electrons. The summed E-state index contributed by atoms with van der Waals surface area (Å²) in [6.45, 7) is 13.9. The smallest absolute Gasteiger partial charge is 0.472 e. The molecule has 0 amide bonds. The summed E-state index contributed by atoms with van der Waals surface area (Å²) in [6, 6.07) is 0. The predicted molar refractivity (Wildman–Crippen MR) is 200 cm³/mol. The number of carbonyl (C=O) groups is 2. The van der Waals surface area contributed by atoms with Crippen LogP contribution in [0.4, 0.5) is 9.59 Å². The fourth-order valence-electron chi connectivity index (χ4n) is 10.1. The first-order valence-corrected chi connectivity index (χ1v) is 20.1. The molecule has 0 spiro atoms. The molecule has 0 saturated heterocycles. The van der Waals surface area contributed by atoms with E-state index in [2.05, 4.69) is 53.7 Å². The van der Waals surface area contributed by atoms with Gasteiger partial charge < -0.3 is 33.2 Å². The summed E-state index contributed by atoms with van der Waals surface area (Å²) < 4.78 is 39.8. The van der Waals surface area contributed by atoms with Crippen LogP contribution < -0.4 is 0 Å². The van der Waals surface area contributed by atoms with Gasteiger partial charge in [0, 0.05) is 25.4 Å². The molecule has 1 unspecified atom stereocenters. The zero-order chi connectivity index (χ0) is 36.9. The van der Waals surface area contributed by atoms with Gasteiger partial charge in [0.1, 0.15) is 30.7 Å². The van der Waals surface area contributed by atoms with Crippen LogP contribution in [0.1, 0.15) is 106 Å². The minimum atomic E-state index is -0.726. The molecule has 0 aromatic heterocycles. The van der Waals surface area contributed by atoms with Gasteiger partial charge in [-0.3, -0.25) is 0 Å². The van der Waals surface area contributed by atoms with Gasteiger partial charge in [-0.2, -0.15) is 0 Å². The zero-order valence-electron chi connectivity index (χ0n) is 32.0. The largest absolute Gasteiger partial charge is 0.508 e. The molecule has 0 aromatic carbocycles. The lowest BCUT2D eigenvalue weighted by Crippen LogP contribution is -2.54. The highest BCUT2D eigenvalue weighted by Gasteiger charge is 2.60. The van der Waals surface area contributed by atoms with Gasteiger partial charge in [-0.25, -0.2) is 9.59 Å². The number of allylic oxidation sites excluding steroid dienone is 3. The minimum Gasteiger partial charge on any atom is -0.472 e. The highest BCUT2D eigenvalue weighted by atomic mass is 32.2. The van der Waals surface area contributed by atoms with Gasteiger partial charge in [0.2, 0.25) is 4.38 Å². The second kappa shape index (κ2) is 17.3. The molecule has 4 aliphatic rings. The SMILES string of the molecule is CCCC[C@H](CC(OC(=S)SC)C(C)(C)OCOC)[C@H](C)[C@H]1CC[C@H]2C3=CC=C4C[C@@H](OC(=O)OC)C[C@H](OC(=O)OC)[C@]4(C)[C@H]3CC[C@]12C. The van der Waals surface area contributed by atoms with Gasteiger partial charge in [0.15, 0.2) is 0 Å².